The van der Waals surface area contributed by atoms with Gasteiger partial charge in [-0.15, -0.1) is 0 Å². The van der Waals surface area contributed by atoms with Crippen molar-refractivity contribution in [2.75, 3.05) is 31.6 Å². The van der Waals surface area contributed by atoms with Crippen molar-refractivity contribution in [3.8, 4) is 0 Å². The van der Waals surface area contributed by atoms with Crippen molar-refractivity contribution in [2.24, 2.45) is 0 Å². The van der Waals surface area contributed by atoms with E-state index in [1.165, 1.54) is 18.5 Å². The number of aromatic nitrogens is 1. The van der Waals surface area contributed by atoms with Gasteiger partial charge in [0.2, 0.25) is 0 Å². The van der Waals surface area contributed by atoms with Crippen molar-refractivity contribution in [3.63, 3.8) is 0 Å². The molecule has 2 N–H and O–H groups in total. The van der Waals surface area contributed by atoms with Crippen molar-refractivity contribution >= 4 is 17.7 Å². The molecule has 0 aromatic carbocycles. The monoisotopic (exact) mass is 251 g/mol. The lowest BCUT2D eigenvalue weighted by Crippen LogP contribution is -2.43. The third-order valence-electron chi connectivity index (χ3n) is 2.59. The van der Waals surface area contributed by atoms with Crippen LogP contribution < -0.4 is 5.32 Å². The Morgan fingerprint density at radius 1 is 1.39 bits per heavy atom. The Labute approximate surface area is 103 Å². The number of morpholine rings is 1. The summed E-state index contributed by atoms with van der Waals surface area (Å²) in [7, 11) is 0. The van der Waals surface area contributed by atoms with Crippen LogP contribution in [0, 0.1) is 0 Å². The number of nitrogens with zero attached hydrogens (tertiary/aromatic N) is 2. The Balaban J connectivity index is 2.08. The van der Waals surface area contributed by atoms with Gasteiger partial charge in [-0.1, -0.05) is 0 Å². The van der Waals surface area contributed by atoms with E-state index < -0.39 is 5.97 Å². The van der Waals surface area contributed by atoms with Crippen LogP contribution in [-0.2, 0) is 4.74 Å². The Kier molecular flexibility index (Phi) is 3.73. The molecule has 18 heavy (non-hydrogen) atoms. The molecule has 0 spiro atoms. The lowest BCUT2D eigenvalue weighted by molar-refractivity contribution is 0.0564. The van der Waals surface area contributed by atoms with Crippen LogP contribution in [0.1, 0.15) is 10.4 Å². The molecule has 7 heteroatoms. The van der Waals surface area contributed by atoms with Gasteiger partial charge in [-0.3, -0.25) is 4.98 Å². The van der Waals surface area contributed by atoms with E-state index in [1.54, 1.807) is 4.90 Å². The molecule has 96 valence electrons. The standard InChI is InChI=1S/C11H13N3O4/c15-10(16)8-1-2-12-7-9(8)13-11(17)14-3-5-18-6-4-14/h1-2,7H,3-6H2,(H,13,17)(H,15,16). The molecule has 0 saturated carbocycles. The third kappa shape index (κ3) is 2.75. The number of anilines is 1. The molecule has 2 amide bonds. The zero-order valence-corrected chi connectivity index (χ0v) is 9.63. The van der Waals surface area contributed by atoms with Gasteiger partial charge >= 0.3 is 12.0 Å². The Hall–Kier alpha value is -2.15. The van der Waals surface area contributed by atoms with E-state index in [1.807, 2.05) is 0 Å². The van der Waals surface area contributed by atoms with Crippen LogP contribution in [0.4, 0.5) is 10.5 Å². The number of rotatable bonds is 2. The first-order valence-electron chi connectivity index (χ1n) is 5.49. The summed E-state index contributed by atoms with van der Waals surface area (Å²) in [6.07, 6.45) is 2.69. The predicted octanol–water partition coefficient (Wildman–Crippen LogP) is 0.644. The average molecular weight is 251 g/mol. The SMILES string of the molecule is O=C(O)c1ccncc1NC(=O)N1CCOCC1. The lowest BCUT2D eigenvalue weighted by atomic mass is 10.2. The van der Waals surface area contributed by atoms with Gasteiger partial charge in [0.1, 0.15) is 0 Å². The summed E-state index contributed by atoms with van der Waals surface area (Å²) < 4.78 is 5.13. The molecular formula is C11H13N3O4. The van der Waals surface area contributed by atoms with E-state index in [4.69, 9.17) is 9.84 Å². The highest BCUT2D eigenvalue weighted by Gasteiger charge is 2.19. The minimum Gasteiger partial charge on any atom is -0.478 e. The normalized spacial score (nSPS) is 15.2. The van der Waals surface area contributed by atoms with Crippen LogP contribution in [0.25, 0.3) is 0 Å². The number of aromatic carboxylic acids is 1. The Bertz CT molecular complexity index is 457. The second kappa shape index (κ2) is 5.46. The number of urea groups is 1. The number of hydrogen-bond donors (Lipinski definition) is 2. The number of carboxylic acids is 1. The van der Waals surface area contributed by atoms with Crippen LogP contribution >= 0.6 is 0 Å². The van der Waals surface area contributed by atoms with Crippen molar-refractivity contribution in [1.29, 1.82) is 0 Å². The molecule has 0 unspecified atom stereocenters. The van der Waals surface area contributed by atoms with Gasteiger partial charge in [0.25, 0.3) is 0 Å². The number of ether oxygens (including phenoxy) is 1. The molecule has 1 aliphatic rings. The fourth-order valence-corrected chi connectivity index (χ4v) is 1.64. The Morgan fingerprint density at radius 2 is 2.11 bits per heavy atom. The number of carbonyl (C=O) groups is 2. The molecule has 2 rings (SSSR count). The number of carbonyl (C=O) groups excluding carboxylic acids is 1. The van der Waals surface area contributed by atoms with Crippen LogP contribution in [0.5, 0.6) is 0 Å². The molecule has 1 aromatic heterocycles. The third-order valence-corrected chi connectivity index (χ3v) is 2.59. The highest BCUT2D eigenvalue weighted by Crippen LogP contribution is 2.14. The number of pyridine rings is 1. The molecule has 1 aliphatic heterocycles. The summed E-state index contributed by atoms with van der Waals surface area (Å²) in [6.45, 7) is 1.97. The number of nitrogens with one attached hydrogen (secondary N) is 1. The first kappa shape index (κ1) is 12.3. The summed E-state index contributed by atoms with van der Waals surface area (Å²) in [4.78, 5) is 28.2. The maximum atomic E-state index is 11.9. The van der Waals surface area contributed by atoms with Gasteiger partial charge in [0.15, 0.2) is 0 Å². The summed E-state index contributed by atoms with van der Waals surface area (Å²) in [5, 5.41) is 11.5. The molecule has 1 saturated heterocycles. The maximum Gasteiger partial charge on any atom is 0.337 e. The van der Waals surface area contributed by atoms with E-state index >= 15 is 0 Å². The van der Waals surface area contributed by atoms with Crippen molar-refractivity contribution in [1.82, 2.24) is 9.88 Å². The molecule has 1 fully saturated rings. The molecular weight excluding hydrogens is 238 g/mol. The van der Waals surface area contributed by atoms with Gasteiger partial charge in [0, 0.05) is 19.3 Å². The van der Waals surface area contributed by atoms with E-state index in [9.17, 15) is 9.59 Å². The van der Waals surface area contributed by atoms with Crippen molar-refractivity contribution in [3.05, 3.63) is 24.0 Å². The maximum absolute atomic E-state index is 11.9. The van der Waals surface area contributed by atoms with Gasteiger partial charge in [-0.2, -0.15) is 0 Å². The van der Waals surface area contributed by atoms with E-state index in [0.717, 1.165) is 0 Å². The molecule has 0 aliphatic carbocycles. The quantitative estimate of drug-likeness (QED) is 0.805. The van der Waals surface area contributed by atoms with Crippen LogP contribution in [0.2, 0.25) is 0 Å². The van der Waals surface area contributed by atoms with E-state index in [2.05, 4.69) is 10.3 Å². The van der Waals surface area contributed by atoms with Gasteiger partial charge in [-0.05, 0) is 6.07 Å². The molecule has 2 heterocycles. The zero-order chi connectivity index (χ0) is 13.0. The summed E-state index contributed by atoms with van der Waals surface area (Å²) in [5.41, 5.74) is 0.216. The zero-order valence-electron chi connectivity index (χ0n) is 9.63. The summed E-state index contributed by atoms with van der Waals surface area (Å²) in [6, 6.07) is 1.01. The topological polar surface area (TPSA) is 91.8 Å². The fourth-order valence-electron chi connectivity index (χ4n) is 1.64. The van der Waals surface area contributed by atoms with Gasteiger partial charge in [0.05, 0.1) is 30.7 Å². The number of hydrogen-bond acceptors (Lipinski definition) is 4. The van der Waals surface area contributed by atoms with Crippen molar-refractivity contribution < 1.29 is 19.4 Å². The highest BCUT2D eigenvalue weighted by molar-refractivity contribution is 5.99. The summed E-state index contributed by atoms with van der Waals surface area (Å²) >= 11 is 0. The predicted molar refractivity (Wildman–Crippen MR) is 62.6 cm³/mol. The first-order valence-corrected chi connectivity index (χ1v) is 5.49. The molecule has 1 aromatic rings. The highest BCUT2D eigenvalue weighted by atomic mass is 16.5. The lowest BCUT2D eigenvalue weighted by Gasteiger charge is -2.27. The molecule has 7 nitrogen and oxygen atoms in total. The molecule has 0 atom stereocenters. The molecule has 0 bridgehead atoms. The van der Waals surface area contributed by atoms with Gasteiger partial charge in [-0.25, -0.2) is 9.59 Å². The van der Waals surface area contributed by atoms with Crippen LogP contribution in [0.15, 0.2) is 18.5 Å². The smallest absolute Gasteiger partial charge is 0.337 e. The molecule has 0 radical (unpaired) electrons. The van der Waals surface area contributed by atoms with Crippen molar-refractivity contribution in [2.45, 2.75) is 0 Å². The van der Waals surface area contributed by atoms with E-state index in [-0.39, 0.29) is 17.3 Å². The van der Waals surface area contributed by atoms with E-state index in [0.29, 0.717) is 26.3 Å². The number of carboxylic acid groups (broad SMARTS) is 1. The average Bonchev–Trinajstić information content (AvgIpc) is 2.40. The van der Waals surface area contributed by atoms with Crippen LogP contribution in [-0.4, -0.2) is 53.3 Å². The number of amides is 2. The van der Waals surface area contributed by atoms with Crippen LogP contribution in [0.3, 0.4) is 0 Å². The second-order valence-corrected chi connectivity index (χ2v) is 3.76. The second-order valence-electron chi connectivity index (χ2n) is 3.76. The first-order chi connectivity index (χ1) is 8.68. The largest absolute Gasteiger partial charge is 0.478 e. The minimum absolute atomic E-state index is 0.0200. The minimum atomic E-state index is -1.10. The van der Waals surface area contributed by atoms with Gasteiger partial charge < -0.3 is 20.1 Å². The summed E-state index contributed by atoms with van der Waals surface area (Å²) in [5.74, 6) is -1.10. The fraction of sp³-hybridized carbons (Fsp3) is 0.364. The Morgan fingerprint density at radius 3 is 2.78 bits per heavy atom.